The van der Waals surface area contributed by atoms with Crippen LogP contribution in [0.4, 0.5) is 5.13 Å². The number of hydrogen-bond acceptors (Lipinski definition) is 7. The summed E-state index contributed by atoms with van der Waals surface area (Å²) in [7, 11) is 0. The predicted molar refractivity (Wildman–Crippen MR) is 171 cm³/mol. The van der Waals surface area contributed by atoms with Gasteiger partial charge in [-0.15, -0.1) is 22.7 Å². The highest BCUT2D eigenvalue weighted by Gasteiger charge is 2.19. The number of thiazole rings is 1. The van der Waals surface area contributed by atoms with Gasteiger partial charge < -0.3 is 5.32 Å². The maximum atomic E-state index is 13.9. The minimum atomic E-state index is -0.248. The Bertz CT molecular complexity index is 1920. The summed E-state index contributed by atoms with van der Waals surface area (Å²) in [4.78, 5) is 37.6. The zero-order valence-corrected chi connectivity index (χ0v) is 25.2. The van der Waals surface area contributed by atoms with Gasteiger partial charge in [0.05, 0.1) is 16.8 Å². The van der Waals surface area contributed by atoms with E-state index in [0.717, 1.165) is 21.6 Å². The number of anilines is 1. The summed E-state index contributed by atoms with van der Waals surface area (Å²) >= 11 is 16.4. The molecule has 1 N–H and O–H groups in total. The van der Waals surface area contributed by atoms with Gasteiger partial charge in [0.25, 0.3) is 5.56 Å². The Balaban J connectivity index is 1.24. The summed E-state index contributed by atoms with van der Waals surface area (Å²) in [5.74, 6) is -0.196. The van der Waals surface area contributed by atoms with Crippen LogP contribution in [-0.4, -0.2) is 26.2 Å². The number of nitrogens with one attached hydrogen (secondary N) is 1. The average Bonchev–Trinajstić information content (AvgIpc) is 3.62. The zero-order valence-electron chi connectivity index (χ0n) is 21.2. The molecule has 0 saturated heterocycles. The molecule has 0 aliphatic carbocycles. The Kier molecular flexibility index (Phi) is 8.23. The molecule has 0 spiro atoms. The third-order valence-corrected chi connectivity index (χ3v) is 9.51. The molecule has 6 nitrogen and oxygen atoms in total. The molecule has 3 aromatic carbocycles. The summed E-state index contributed by atoms with van der Waals surface area (Å²) in [5.41, 5.74) is 3.21. The van der Waals surface area contributed by atoms with E-state index in [4.69, 9.17) is 28.2 Å². The van der Waals surface area contributed by atoms with Crippen molar-refractivity contribution in [3.05, 3.63) is 121 Å². The van der Waals surface area contributed by atoms with Crippen LogP contribution in [-0.2, 0) is 11.2 Å². The molecule has 1 amide bonds. The molecular formula is C30H20Cl2N4O2S3. The molecule has 3 aromatic heterocycles. The third kappa shape index (κ3) is 6.10. The summed E-state index contributed by atoms with van der Waals surface area (Å²) < 4.78 is 1.58. The largest absolute Gasteiger partial charge is 0.301 e. The number of thiophene rings is 1. The monoisotopic (exact) mass is 634 g/mol. The van der Waals surface area contributed by atoms with Crippen LogP contribution in [0.2, 0.25) is 10.0 Å². The predicted octanol–water partition coefficient (Wildman–Crippen LogP) is 8.20. The molecule has 0 unspecified atom stereocenters. The van der Waals surface area contributed by atoms with Gasteiger partial charge in [-0.1, -0.05) is 83.5 Å². The van der Waals surface area contributed by atoms with Crippen LogP contribution < -0.4 is 10.9 Å². The van der Waals surface area contributed by atoms with E-state index in [0.29, 0.717) is 42.7 Å². The molecular weight excluding hydrogens is 615 g/mol. The Morgan fingerprint density at radius 3 is 2.54 bits per heavy atom. The highest BCUT2D eigenvalue weighted by atomic mass is 35.5. The topological polar surface area (TPSA) is 76.9 Å². The van der Waals surface area contributed by atoms with Crippen molar-refractivity contribution in [2.45, 2.75) is 11.6 Å². The molecule has 204 valence electrons. The molecule has 0 fully saturated rings. The van der Waals surface area contributed by atoms with E-state index in [1.165, 1.54) is 34.4 Å². The Morgan fingerprint density at radius 2 is 1.76 bits per heavy atom. The van der Waals surface area contributed by atoms with Crippen LogP contribution in [0.1, 0.15) is 10.4 Å². The van der Waals surface area contributed by atoms with E-state index in [9.17, 15) is 9.59 Å². The van der Waals surface area contributed by atoms with Crippen molar-refractivity contribution in [1.82, 2.24) is 14.5 Å². The number of hydrogen-bond donors (Lipinski definition) is 1. The smallest absolute Gasteiger partial charge is 0.268 e. The molecule has 0 saturated carbocycles. The van der Waals surface area contributed by atoms with Gasteiger partial charge in [0.15, 0.2) is 10.3 Å². The fourth-order valence-corrected chi connectivity index (χ4v) is 7.33. The van der Waals surface area contributed by atoms with Crippen LogP contribution in [0.5, 0.6) is 0 Å². The van der Waals surface area contributed by atoms with E-state index in [1.807, 2.05) is 72.1 Å². The van der Waals surface area contributed by atoms with E-state index >= 15 is 0 Å². The minimum absolute atomic E-state index is 0.0523. The fraction of sp³-hybridized carbons (Fsp3) is 0.0667. The van der Waals surface area contributed by atoms with E-state index in [2.05, 4.69) is 10.3 Å². The van der Waals surface area contributed by atoms with Crippen molar-refractivity contribution in [3.63, 3.8) is 0 Å². The van der Waals surface area contributed by atoms with Gasteiger partial charge in [0.2, 0.25) is 5.91 Å². The van der Waals surface area contributed by atoms with Crippen molar-refractivity contribution in [3.8, 4) is 16.8 Å². The van der Waals surface area contributed by atoms with Crippen LogP contribution in [0.3, 0.4) is 0 Å². The molecule has 0 aliphatic rings. The van der Waals surface area contributed by atoms with Crippen molar-refractivity contribution in [1.29, 1.82) is 0 Å². The maximum absolute atomic E-state index is 13.9. The number of thioether (sulfide) groups is 1. The number of halogens is 2. The number of aromatic nitrogens is 3. The van der Waals surface area contributed by atoms with Crippen LogP contribution in [0.25, 0.3) is 27.0 Å². The molecule has 6 rings (SSSR count). The second kappa shape index (κ2) is 12.2. The lowest BCUT2D eigenvalue weighted by Gasteiger charge is -2.12. The van der Waals surface area contributed by atoms with Gasteiger partial charge in [0, 0.05) is 38.5 Å². The Morgan fingerprint density at radius 1 is 1.00 bits per heavy atom. The van der Waals surface area contributed by atoms with Gasteiger partial charge in [0.1, 0.15) is 4.83 Å². The fourth-order valence-electron chi connectivity index (χ4n) is 4.30. The highest BCUT2D eigenvalue weighted by Crippen LogP contribution is 2.33. The molecule has 0 atom stereocenters. The molecule has 41 heavy (non-hydrogen) atoms. The number of fused-ring (bicyclic) bond motifs is 1. The SMILES string of the molecule is O=C(CSc1nc2scc(-c3ccccc3)c2c(=O)n1-c1ccccc1)Nc1ncc(Cc2cc(Cl)ccc2Cl)s1. The first-order chi connectivity index (χ1) is 20.0. The number of benzene rings is 3. The van der Waals surface area contributed by atoms with Gasteiger partial charge in [-0.05, 0) is 41.5 Å². The lowest BCUT2D eigenvalue weighted by molar-refractivity contribution is -0.113. The summed E-state index contributed by atoms with van der Waals surface area (Å²) in [5, 5.41) is 7.55. The first kappa shape index (κ1) is 27.7. The second-order valence-electron chi connectivity index (χ2n) is 8.95. The normalized spacial score (nSPS) is 11.2. The van der Waals surface area contributed by atoms with Crippen LogP contribution in [0.15, 0.2) is 100 Å². The van der Waals surface area contributed by atoms with Gasteiger partial charge in [-0.3, -0.25) is 14.2 Å². The molecule has 0 bridgehead atoms. The Labute approximate surface area is 257 Å². The van der Waals surface area contributed by atoms with E-state index in [1.54, 1.807) is 22.9 Å². The summed E-state index contributed by atoms with van der Waals surface area (Å²) in [6, 6.07) is 24.5. The summed E-state index contributed by atoms with van der Waals surface area (Å²) in [6.45, 7) is 0. The van der Waals surface area contributed by atoms with E-state index < -0.39 is 0 Å². The van der Waals surface area contributed by atoms with Crippen molar-refractivity contribution < 1.29 is 4.79 Å². The molecule has 3 heterocycles. The zero-order chi connectivity index (χ0) is 28.3. The van der Waals surface area contributed by atoms with Crippen molar-refractivity contribution in [2.75, 3.05) is 11.1 Å². The molecule has 11 heteroatoms. The highest BCUT2D eigenvalue weighted by molar-refractivity contribution is 7.99. The van der Waals surface area contributed by atoms with Crippen molar-refractivity contribution >= 4 is 78.9 Å². The van der Waals surface area contributed by atoms with Crippen molar-refractivity contribution in [2.24, 2.45) is 0 Å². The average molecular weight is 636 g/mol. The number of amides is 1. The number of nitrogens with zero attached hydrogens (tertiary/aromatic N) is 3. The Hall–Kier alpha value is -3.47. The lowest BCUT2D eigenvalue weighted by atomic mass is 10.1. The first-order valence-corrected chi connectivity index (χ1v) is 15.9. The standard InChI is InChI=1S/C30H20Cl2N4O2S3/c31-20-11-12-24(32)19(13-20)14-22-15-33-29(41-22)34-25(37)17-40-30-35-27-26(23(16-39-27)18-7-3-1-4-8-18)28(38)36(30)21-9-5-2-6-10-21/h1-13,15-16H,14,17H2,(H,33,34,37). The third-order valence-electron chi connectivity index (χ3n) is 6.18. The summed E-state index contributed by atoms with van der Waals surface area (Å²) in [6.07, 6.45) is 2.27. The van der Waals surface area contributed by atoms with Gasteiger partial charge >= 0.3 is 0 Å². The number of para-hydroxylation sites is 1. The number of carbonyl (C=O) groups is 1. The van der Waals surface area contributed by atoms with Gasteiger partial charge in [-0.2, -0.15) is 0 Å². The minimum Gasteiger partial charge on any atom is -0.301 e. The van der Waals surface area contributed by atoms with Crippen LogP contribution >= 0.6 is 57.6 Å². The van der Waals surface area contributed by atoms with Gasteiger partial charge in [-0.25, -0.2) is 9.97 Å². The van der Waals surface area contributed by atoms with Crippen LogP contribution in [0, 0.1) is 0 Å². The second-order valence-corrected chi connectivity index (χ2v) is 12.7. The first-order valence-electron chi connectivity index (χ1n) is 12.4. The quantitative estimate of drug-likeness (QED) is 0.135. The molecule has 0 aliphatic heterocycles. The van der Waals surface area contributed by atoms with E-state index in [-0.39, 0.29) is 17.2 Å². The lowest BCUT2D eigenvalue weighted by Crippen LogP contribution is -2.22. The molecule has 0 radical (unpaired) electrons. The molecule has 6 aromatic rings. The maximum Gasteiger partial charge on any atom is 0.268 e. The number of rotatable bonds is 8. The number of carbonyl (C=O) groups excluding carboxylic acids is 1.